The minimum Gasteiger partial charge on any atom is -0.383 e. The number of thioether (sulfide) groups is 1. The molecule has 0 saturated heterocycles. The van der Waals surface area contributed by atoms with Crippen molar-refractivity contribution in [3.63, 3.8) is 0 Å². The number of ether oxygens (including phenoxy) is 1. The lowest BCUT2D eigenvalue weighted by atomic mass is 10.2. The van der Waals surface area contributed by atoms with Crippen LogP contribution in [0.5, 0.6) is 0 Å². The monoisotopic (exact) mass is 346 g/mol. The third-order valence-electron chi connectivity index (χ3n) is 3.32. The molecule has 0 aliphatic carbocycles. The number of methoxy groups -OCH3 is 1. The van der Waals surface area contributed by atoms with Gasteiger partial charge in [0.05, 0.1) is 11.9 Å². The molecule has 2 rings (SSSR count). The van der Waals surface area contributed by atoms with Crippen LogP contribution in [0, 0.1) is 0 Å². The highest BCUT2D eigenvalue weighted by atomic mass is 32.2. The second-order valence-corrected chi connectivity index (χ2v) is 6.42. The Labute approximate surface area is 146 Å². The van der Waals surface area contributed by atoms with Crippen molar-refractivity contribution in [2.75, 3.05) is 20.3 Å². The van der Waals surface area contributed by atoms with Crippen molar-refractivity contribution in [3.8, 4) is 11.4 Å². The number of benzene rings is 1. The van der Waals surface area contributed by atoms with Gasteiger partial charge in [-0.2, -0.15) is 0 Å². The Kier molecular flexibility index (Phi) is 7.02. The highest BCUT2D eigenvalue weighted by molar-refractivity contribution is 8.00. The van der Waals surface area contributed by atoms with Crippen LogP contribution in [0.3, 0.4) is 0 Å². The van der Waals surface area contributed by atoms with E-state index in [1.54, 1.807) is 13.2 Å². The standard InChI is InChI=1S/C17H22N4O2S/c1-4-11-21-15(14-8-6-5-7-9-14)19-20-17(21)24-13(2)16(22)18-10-12-23-3/h4-9,13H,1,10-12H2,2-3H3,(H,18,22)/t13-/m0/s1. The zero-order valence-electron chi connectivity index (χ0n) is 13.9. The van der Waals surface area contributed by atoms with Crippen molar-refractivity contribution in [2.45, 2.75) is 23.9 Å². The number of nitrogens with one attached hydrogen (secondary N) is 1. The number of carbonyl (C=O) groups excluding carboxylic acids is 1. The summed E-state index contributed by atoms with van der Waals surface area (Å²) in [6.07, 6.45) is 1.79. The lowest BCUT2D eigenvalue weighted by Gasteiger charge is -2.12. The molecule has 0 aliphatic heterocycles. The number of amides is 1. The lowest BCUT2D eigenvalue weighted by molar-refractivity contribution is -0.120. The minimum atomic E-state index is -0.279. The number of aromatic nitrogens is 3. The molecule has 0 bridgehead atoms. The summed E-state index contributed by atoms with van der Waals surface area (Å²) in [5, 5.41) is 11.8. The van der Waals surface area contributed by atoms with Crippen LogP contribution in [0.4, 0.5) is 0 Å². The van der Waals surface area contributed by atoms with Gasteiger partial charge in [0.15, 0.2) is 11.0 Å². The first-order valence-corrected chi connectivity index (χ1v) is 8.58. The van der Waals surface area contributed by atoms with Crippen LogP contribution < -0.4 is 5.32 Å². The van der Waals surface area contributed by atoms with E-state index in [1.807, 2.05) is 41.8 Å². The van der Waals surface area contributed by atoms with Crippen molar-refractivity contribution < 1.29 is 9.53 Å². The Balaban J connectivity index is 2.14. The Morgan fingerprint density at radius 3 is 2.83 bits per heavy atom. The summed E-state index contributed by atoms with van der Waals surface area (Å²) < 4.78 is 6.90. The topological polar surface area (TPSA) is 69.0 Å². The van der Waals surface area contributed by atoms with Gasteiger partial charge in [0.25, 0.3) is 0 Å². The van der Waals surface area contributed by atoms with Crippen molar-refractivity contribution in [2.24, 2.45) is 0 Å². The van der Waals surface area contributed by atoms with Crippen LogP contribution in [-0.4, -0.2) is 46.2 Å². The Hall–Kier alpha value is -2.12. The van der Waals surface area contributed by atoms with Gasteiger partial charge in [0, 0.05) is 25.8 Å². The van der Waals surface area contributed by atoms with Crippen LogP contribution >= 0.6 is 11.8 Å². The van der Waals surface area contributed by atoms with Crippen LogP contribution in [0.15, 0.2) is 48.1 Å². The first-order chi connectivity index (χ1) is 11.7. The molecular weight excluding hydrogens is 324 g/mol. The second kappa shape index (κ2) is 9.24. The second-order valence-electron chi connectivity index (χ2n) is 5.12. The Morgan fingerprint density at radius 1 is 1.42 bits per heavy atom. The summed E-state index contributed by atoms with van der Waals surface area (Å²) in [7, 11) is 1.60. The molecule has 0 unspecified atom stereocenters. The van der Waals surface area contributed by atoms with Crippen LogP contribution in [-0.2, 0) is 16.1 Å². The van der Waals surface area contributed by atoms with E-state index in [0.717, 1.165) is 11.4 Å². The van der Waals surface area contributed by atoms with Gasteiger partial charge < -0.3 is 10.1 Å². The van der Waals surface area contributed by atoms with Crippen molar-refractivity contribution >= 4 is 17.7 Å². The average molecular weight is 346 g/mol. The quantitative estimate of drug-likeness (QED) is 0.429. The molecule has 1 aromatic heterocycles. The molecule has 0 saturated carbocycles. The maximum absolute atomic E-state index is 12.1. The fourth-order valence-corrected chi connectivity index (χ4v) is 2.98. The van der Waals surface area contributed by atoms with Crippen LogP contribution in [0.2, 0.25) is 0 Å². The van der Waals surface area contributed by atoms with E-state index in [9.17, 15) is 4.79 Å². The van der Waals surface area contributed by atoms with E-state index >= 15 is 0 Å². The van der Waals surface area contributed by atoms with Gasteiger partial charge in [-0.15, -0.1) is 16.8 Å². The van der Waals surface area contributed by atoms with Crippen molar-refractivity contribution in [1.82, 2.24) is 20.1 Å². The Morgan fingerprint density at radius 2 is 2.17 bits per heavy atom. The van der Waals surface area contributed by atoms with Gasteiger partial charge in [-0.25, -0.2) is 0 Å². The molecule has 128 valence electrons. The molecule has 6 nitrogen and oxygen atoms in total. The summed E-state index contributed by atoms with van der Waals surface area (Å²) in [5.41, 5.74) is 0.982. The average Bonchev–Trinajstić information content (AvgIpc) is 2.98. The molecule has 24 heavy (non-hydrogen) atoms. The summed E-state index contributed by atoms with van der Waals surface area (Å²) >= 11 is 1.38. The molecule has 1 aromatic carbocycles. The molecule has 2 aromatic rings. The molecule has 0 radical (unpaired) electrons. The highest BCUT2D eigenvalue weighted by Crippen LogP contribution is 2.26. The molecule has 0 fully saturated rings. The molecule has 1 heterocycles. The number of hydrogen-bond acceptors (Lipinski definition) is 5. The highest BCUT2D eigenvalue weighted by Gasteiger charge is 2.20. The number of carbonyl (C=O) groups is 1. The molecule has 7 heteroatoms. The fraction of sp³-hybridized carbons (Fsp3) is 0.353. The van der Waals surface area contributed by atoms with Crippen molar-refractivity contribution in [1.29, 1.82) is 0 Å². The van der Waals surface area contributed by atoms with Gasteiger partial charge in [0.1, 0.15) is 0 Å². The third kappa shape index (κ3) is 4.69. The van der Waals surface area contributed by atoms with E-state index in [2.05, 4.69) is 22.1 Å². The van der Waals surface area contributed by atoms with Crippen molar-refractivity contribution in [3.05, 3.63) is 43.0 Å². The van der Waals surface area contributed by atoms with Gasteiger partial charge >= 0.3 is 0 Å². The van der Waals surface area contributed by atoms with Gasteiger partial charge in [-0.3, -0.25) is 9.36 Å². The summed E-state index contributed by atoms with van der Waals surface area (Å²) in [4.78, 5) is 12.1. The zero-order chi connectivity index (χ0) is 17.4. The van der Waals surface area contributed by atoms with Gasteiger partial charge in [-0.05, 0) is 6.92 Å². The molecule has 0 aliphatic rings. The molecule has 1 amide bonds. The maximum atomic E-state index is 12.1. The number of allylic oxidation sites excluding steroid dienone is 1. The van der Waals surface area contributed by atoms with Gasteiger partial charge in [-0.1, -0.05) is 48.2 Å². The smallest absolute Gasteiger partial charge is 0.233 e. The summed E-state index contributed by atoms with van der Waals surface area (Å²) in [6.45, 7) is 7.22. The van der Waals surface area contributed by atoms with E-state index in [4.69, 9.17) is 4.74 Å². The third-order valence-corrected chi connectivity index (χ3v) is 4.40. The maximum Gasteiger partial charge on any atom is 0.233 e. The van der Waals surface area contributed by atoms with E-state index in [0.29, 0.717) is 24.9 Å². The normalized spacial score (nSPS) is 11.9. The predicted molar refractivity (Wildman–Crippen MR) is 95.9 cm³/mol. The Bertz CT molecular complexity index is 672. The fourth-order valence-electron chi connectivity index (χ4n) is 2.10. The largest absolute Gasteiger partial charge is 0.383 e. The molecule has 1 atom stereocenters. The van der Waals surface area contributed by atoms with E-state index in [-0.39, 0.29) is 11.2 Å². The SMILES string of the molecule is C=CCn1c(S[C@@H](C)C(=O)NCCOC)nnc1-c1ccccc1. The lowest BCUT2D eigenvalue weighted by Crippen LogP contribution is -2.33. The van der Waals surface area contributed by atoms with E-state index < -0.39 is 0 Å². The number of hydrogen-bond donors (Lipinski definition) is 1. The first-order valence-electron chi connectivity index (χ1n) is 7.70. The van der Waals surface area contributed by atoms with Gasteiger partial charge in [0.2, 0.25) is 5.91 Å². The number of rotatable bonds is 9. The summed E-state index contributed by atoms with van der Waals surface area (Å²) in [5.74, 6) is 0.719. The molecule has 1 N–H and O–H groups in total. The predicted octanol–water partition coefficient (Wildman–Crippen LogP) is 2.37. The van der Waals surface area contributed by atoms with Crippen LogP contribution in [0.1, 0.15) is 6.92 Å². The van der Waals surface area contributed by atoms with Crippen LogP contribution in [0.25, 0.3) is 11.4 Å². The number of nitrogens with zero attached hydrogens (tertiary/aromatic N) is 3. The first kappa shape index (κ1) is 18.2. The molecular formula is C17H22N4O2S. The minimum absolute atomic E-state index is 0.0496. The summed E-state index contributed by atoms with van der Waals surface area (Å²) in [6, 6.07) is 9.85. The zero-order valence-corrected chi connectivity index (χ0v) is 14.8. The molecule has 0 spiro atoms. The van der Waals surface area contributed by atoms with E-state index in [1.165, 1.54) is 11.8 Å².